The molecule has 3 nitrogen and oxygen atoms in total. The molecule has 4 heteroatoms. The van der Waals surface area contributed by atoms with Gasteiger partial charge in [0.2, 0.25) is 0 Å². The van der Waals surface area contributed by atoms with Gasteiger partial charge in [0.15, 0.2) is 0 Å². The highest BCUT2D eigenvalue weighted by Crippen LogP contribution is 2.36. The first-order valence-electron chi connectivity index (χ1n) is 6.54. The van der Waals surface area contributed by atoms with E-state index in [1.54, 1.807) is 0 Å². The Labute approximate surface area is 117 Å². The first-order valence-corrected chi connectivity index (χ1v) is 7.42. The van der Waals surface area contributed by atoms with Gasteiger partial charge >= 0.3 is 0 Å². The number of rotatable bonds is 4. The molecule has 19 heavy (non-hydrogen) atoms. The fourth-order valence-corrected chi connectivity index (χ4v) is 3.52. The molecule has 1 N–H and O–H groups in total. The van der Waals surface area contributed by atoms with Crippen LogP contribution < -0.4 is 5.32 Å². The van der Waals surface area contributed by atoms with Crippen LogP contribution in [0.5, 0.6) is 0 Å². The minimum Gasteiger partial charge on any atom is -0.310 e. The normalized spacial score (nSPS) is 17.4. The SMILES string of the molecule is Cc1cnc(CNCC2Cc3ccccc3S2)cn1. The molecule has 0 spiro atoms. The number of hydrogen-bond acceptors (Lipinski definition) is 4. The number of fused-ring (bicyclic) bond motifs is 1. The topological polar surface area (TPSA) is 37.8 Å². The number of aryl methyl sites for hydroxylation is 1. The molecule has 1 aromatic carbocycles. The van der Waals surface area contributed by atoms with Crippen molar-refractivity contribution < 1.29 is 0 Å². The lowest BCUT2D eigenvalue weighted by molar-refractivity contribution is 0.652. The Hall–Kier alpha value is -1.39. The van der Waals surface area contributed by atoms with Crippen LogP contribution in [0.1, 0.15) is 17.0 Å². The zero-order valence-corrected chi connectivity index (χ0v) is 11.8. The Balaban J connectivity index is 1.48. The van der Waals surface area contributed by atoms with E-state index in [-0.39, 0.29) is 0 Å². The summed E-state index contributed by atoms with van der Waals surface area (Å²) in [6.45, 7) is 3.76. The number of hydrogen-bond donors (Lipinski definition) is 1. The first kappa shape index (κ1) is 12.6. The lowest BCUT2D eigenvalue weighted by Gasteiger charge is -2.09. The molecule has 0 aliphatic carbocycles. The first-order chi connectivity index (χ1) is 9.31. The summed E-state index contributed by atoms with van der Waals surface area (Å²) in [6, 6.07) is 8.68. The molecule has 0 amide bonds. The quantitative estimate of drug-likeness (QED) is 0.927. The number of thioether (sulfide) groups is 1. The van der Waals surface area contributed by atoms with Crippen molar-refractivity contribution >= 4 is 11.8 Å². The summed E-state index contributed by atoms with van der Waals surface area (Å²) in [5, 5.41) is 4.11. The summed E-state index contributed by atoms with van der Waals surface area (Å²) in [6.07, 6.45) is 4.82. The Morgan fingerprint density at radius 1 is 1.26 bits per heavy atom. The van der Waals surface area contributed by atoms with Crippen LogP contribution in [0.4, 0.5) is 0 Å². The Morgan fingerprint density at radius 3 is 2.95 bits per heavy atom. The van der Waals surface area contributed by atoms with Crippen LogP contribution >= 0.6 is 11.8 Å². The van der Waals surface area contributed by atoms with Crippen LogP contribution in [0.15, 0.2) is 41.6 Å². The third-order valence-electron chi connectivity index (χ3n) is 3.23. The van der Waals surface area contributed by atoms with Crippen LogP contribution in [0.25, 0.3) is 0 Å². The van der Waals surface area contributed by atoms with E-state index >= 15 is 0 Å². The van der Waals surface area contributed by atoms with Crippen LogP contribution in [-0.2, 0) is 13.0 Å². The van der Waals surface area contributed by atoms with Gasteiger partial charge in [-0.1, -0.05) is 18.2 Å². The Bertz CT molecular complexity index is 529. The van der Waals surface area contributed by atoms with Crippen molar-refractivity contribution in [1.29, 1.82) is 0 Å². The van der Waals surface area contributed by atoms with Gasteiger partial charge in [0.1, 0.15) is 0 Å². The predicted molar refractivity (Wildman–Crippen MR) is 78.3 cm³/mol. The number of nitrogens with zero attached hydrogens (tertiary/aromatic N) is 2. The molecule has 2 heterocycles. The summed E-state index contributed by atoms with van der Waals surface area (Å²) in [5.41, 5.74) is 3.45. The van der Waals surface area contributed by atoms with Crippen molar-refractivity contribution in [2.45, 2.75) is 30.0 Å². The van der Waals surface area contributed by atoms with E-state index in [1.165, 1.54) is 10.5 Å². The molecular formula is C15H17N3S. The van der Waals surface area contributed by atoms with Crippen LogP contribution in [-0.4, -0.2) is 21.8 Å². The van der Waals surface area contributed by atoms with Crippen molar-refractivity contribution in [3.8, 4) is 0 Å². The summed E-state index contributed by atoms with van der Waals surface area (Å²) in [4.78, 5) is 10.0. The average molecular weight is 271 g/mol. The molecule has 1 aliphatic heterocycles. The minimum absolute atomic E-state index is 0.635. The summed E-state index contributed by atoms with van der Waals surface area (Å²) in [5.74, 6) is 0. The molecule has 1 aliphatic rings. The van der Waals surface area contributed by atoms with Gasteiger partial charge < -0.3 is 5.32 Å². The molecule has 1 aromatic heterocycles. The number of aromatic nitrogens is 2. The van der Waals surface area contributed by atoms with Crippen LogP contribution in [0.2, 0.25) is 0 Å². The monoisotopic (exact) mass is 271 g/mol. The standard InChI is InChI=1S/C15H17N3S/c1-11-7-18-13(9-17-11)8-16-10-14-6-12-4-2-3-5-15(12)19-14/h2-5,7,9,14,16H,6,8,10H2,1H3. The molecule has 0 radical (unpaired) electrons. The maximum atomic E-state index is 4.35. The summed E-state index contributed by atoms with van der Waals surface area (Å²) >= 11 is 1.98. The Morgan fingerprint density at radius 2 is 2.16 bits per heavy atom. The van der Waals surface area contributed by atoms with Crippen molar-refractivity contribution in [3.63, 3.8) is 0 Å². The second-order valence-corrected chi connectivity index (χ2v) is 6.17. The van der Waals surface area contributed by atoms with E-state index in [2.05, 4.69) is 39.6 Å². The van der Waals surface area contributed by atoms with E-state index in [0.717, 1.165) is 30.9 Å². The van der Waals surface area contributed by atoms with Gasteiger partial charge in [-0.2, -0.15) is 0 Å². The molecule has 0 saturated heterocycles. The second kappa shape index (κ2) is 5.72. The van der Waals surface area contributed by atoms with E-state index < -0.39 is 0 Å². The van der Waals surface area contributed by atoms with Crippen LogP contribution in [0.3, 0.4) is 0 Å². The highest BCUT2D eigenvalue weighted by Gasteiger charge is 2.20. The maximum Gasteiger partial charge on any atom is 0.0724 e. The lowest BCUT2D eigenvalue weighted by atomic mass is 10.1. The molecule has 0 fully saturated rings. The van der Waals surface area contributed by atoms with Gasteiger partial charge in [-0.05, 0) is 25.0 Å². The van der Waals surface area contributed by atoms with E-state index in [9.17, 15) is 0 Å². The van der Waals surface area contributed by atoms with Gasteiger partial charge in [0.25, 0.3) is 0 Å². The van der Waals surface area contributed by atoms with Gasteiger partial charge in [0.05, 0.1) is 11.4 Å². The zero-order chi connectivity index (χ0) is 13.1. The predicted octanol–water partition coefficient (Wildman–Crippen LogP) is 2.59. The molecule has 1 unspecified atom stereocenters. The highest BCUT2D eigenvalue weighted by atomic mass is 32.2. The van der Waals surface area contributed by atoms with Crippen molar-refractivity contribution in [1.82, 2.24) is 15.3 Å². The largest absolute Gasteiger partial charge is 0.310 e. The van der Waals surface area contributed by atoms with Gasteiger partial charge in [0, 0.05) is 35.6 Å². The van der Waals surface area contributed by atoms with E-state index in [0.29, 0.717) is 5.25 Å². The van der Waals surface area contributed by atoms with Crippen molar-refractivity contribution in [2.75, 3.05) is 6.54 Å². The molecule has 0 saturated carbocycles. The molecule has 1 atom stereocenters. The van der Waals surface area contributed by atoms with E-state index in [4.69, 9.17) is 0 Å². The van der Waals surface area contributed by atoms with Crippen molar-refractivity contribution in [3.05, 3.63) is 53.6 Å². The fourth-order valence-electron chi connectivity index (χ4n) is 2.24. The highest BCUT2D eigenvalue weighted by molar-refractivity contribution is 8.00. The molecule has 98 valence electrons. The molecular weight excluding hydrogens is 254 g/mol. The minimum atomic E-state index is 0.635. The number of nitrogens with one attached hydrogen (secondary N) is 1. The van der Waals surface area contributed by atoms with Crippen LogP contribution in [0, 0.1) is 6.92 Å². The van der Waals surface area contributed by atoms with Gasteiger partial charge in [-0.15, -0.1) is 11.8 Å². The second-order valence-electron chi connectivity index (χ2n) is 4.83. The summed E-state index contributed by atoms with van der Waals surface area (Å²) < 4.78 is 0. The molecule has 3 rings (SSSR count). The van der Waals surface area contributed by atoms with E-state index in [1.807, 2.05) is 31.1 Å². The van der Waals surface area contributed by atoms with Gasteiger partial charge in [-0.3, -0.25) is 9.97 Å². The van der Waals surface area contributed by atoms with Crippen molar-refractivity contribution in [2.24, 2.45) is 0 Å². The molecule has 0 bridgehead atoms. The average Bonchev–Trinajstić information content (AvgIpc) is 2.83. The third-order valence-corrected chi connectivity index (χ3v) is 4.55. The number of benzene rings is 1. The molecule has 2 aromatic rings. The Kier molecular flexibility index (Phi) is 3.80. The van der Waals surface area contributed by atoms with Gasteiger partial charge in [-0.25, -0.2) is 0 Å². The maximum absolute atomic E-state index is 4.35. The lowest BCUT2D eigenvalue weighted by Crippen LogP contribution is -2.24. The third kappa shape index (κ3) is 3.14. The fraction of sp³-hybridized carbons (Fsp3) is 0.333. The smallest absolute Gasteiger partial charge is 0.0724 e. The zero-order valence-electron chi connectivity index (χ0n) is 11.0. The summed E-state index contributed by atoms with van der Waals surface area (Å²) in [7, 11) is 0.